The van der Waals surface area contributed by atoms with Gasteiger partial charge >= 0.3 is 6.03 Å². The molecule has 0 radical (unpaired) electrons. The number of thiophene rings is 1. The number of carbonyl (C=O) groups is 1. The van der Waals surface area contributed by atoms with Crippen LogP contribution in [0.2, 0.25) is 0 Å². The second kappa shape index (κ2) is 7.28. The predicted octanol–water partition coefficient (Wildman–Crippen LogP) is 1.91. The zero-order valence-corrected chi connectivity index (χ0v) is 13.6. The zero-order valence-electron chi connectivity index (χ0n) is 12.8. The molecule has 2 aromatic rings. The van der Waals surface area contributed by atoms with Gasteiger partial charge in [-0.2, -0.15) is 0 Å². The van der Waals surface area contributed by atoms with Gasteiger partial charge in [-0.15, -0.1) is 21.5 Å². The van der Waals surface area contributed by atoms with E-state index >= 15 is 0 Å². The molecule has 122 valence electrons. The highest BCUT2D eigenvalue weighted by Crippen LogP contribution is 2.17. The van der Waals surface area contributed by atoms with Crippen molar-refractivity contribution in [3.63, 3.8) is 0 Å². The molecule has 1 fully saturated rings. The van der Waals surface area contributed by atoms with Crippen LogP contribution in [0.25, 0.3) is 0 Å². The SMILES string of the molecule is COc1ccc(OC2CCN(C(=O)NCc3cccs3)C2)nn1. The molecule has 0 saturated carbocycles. The lowest BCUT2D eigenvalue weighted by atomic mass is 10.3. The molecule has 1 atom stereocenters. The minimum atomic E-state index is -0.0646. The molecule has 0 bridgehead atoms. The van der Waals surface area contributed by atoms with Gasteiger partial charge in [-0.05, 0) is 11.4 Å². The Morgan fingerprint density at radius 3 is 2.91 bits per heavy atom. The van der Waals surface area contributed by atoms with Gasteiger partial charge in [0.15, 0.2) is 0 Å². The number of nitrogens with zero attached hydrogens (tertiary/aromatic N) is 3. The van der Waals surface area contributed by atoms with E-state index in [1.54, 1.807) is 28.4 Å². The van der Waals surface area contributed by atoms with Gasteiger partial charge in [0, 0.05) is 30.0 Å². The van der Waals surface area contributed by atoms with Gasteiger partial charge in [0.2, 0.25) is 11.8 Å². The van der Waals surface area contributed by atoms with Crippen molar-refractivity contribution >= 4 is 17.4 Å². The van der Waals surface area contributed by atoms with Crippen molar-refractivity contribution in [2.24, 2.45) is 0 Å². The molecule has 23 heavy (non-hydrogen) atoms. The van der Waals surface area contributed by atoms with Gasteiger partial charge in [0.05, 0.1) is 20.2 Å². The molecule has 2 amide bonds. The van der Waals surface area contributed by atoms with Crippen LogP contribution in [0, 0.1) is 0 Å². The van der Waals surface area contributed by atoms with Crippen LogP contribution in [0.15, 0.2) is 29.6 Å². The van der Waals surface area contributed by atoms with Gasteiger partial charge in [0.1, 0.15) is 6.10 Å². The Balaban J connectivity index is 1.46. The average Bonchev–Trinajstić information content (AvgIpc) is 3.25. The molecule has 0 spiro atoms. The second-order valence-corrected chi connectivity index (χ2v) is 6.16. The summed E-state index contributed by atoms with van der Waals surface area (Å²) in [6, 6.07) is 7.32. The molecule has 1 N–H and O–H groups in total. The van der Waals surface area contributed by atoms with Gasteiger partial charge in [-0.3, -0.25) is 0 Å². The Morgan fingerprint density at radius 2 is 2.22 bits per heavy atom. The number of amides is 2. The Morgan fingerprint density at radius 1 is 1.39 bits per heavy atom. The summed E-state index contributed by atoms with van der Waals surface area (Å²) in [5, 5.41) is 12.7. The fourth-order valence-corrected chi connectivity index (χ4v) is 2.99. The Bertz CT molecular complexity index is 633. The Kier molecular flexibility index (Phi) is 4.92. The van der Waals surface area contributed by atoms with E-state index in [4.69, 9.17) is 9.47 Å². The summed E-state index contributed by atoms with van der Waals surface area (Å²) in [5.74, 6) is 0.884. The lowest BCUT2D eigenvalue weighted by Crippen LogP contribution is -2.38. The van der Waals surface area contributed by atoms with Crippen LogP contribution in [-0.2, 0) is 6.54 Å². The first-order valence-corrected chi connectivity index (χ1v) is 8.22. The molecule has 1 aliphatic rings. The molecule has 7 nitrogen and oxygen atoms in total. The standard InChI is InChI=1S/C15H18N4O3S/c1-21-13-4-5-14(18-17-13)22-11-6-7-19(10-11)15(20)16-9-12-3-2-8-23-12/h2-5,8,11H,6-7,9-10H2,1H3,(H,16,20). The molecule has 0 aromatic carbocycles. The third-order valence-corrected chi connectivity index (χ3v) is 4.41. The molecular formula is C15H18N4O3S. The summed E-state index contributed by atoms with van der Waals surface area (Å²) < 4.78 is 10.7. The van der Waals surface area contributed by atoms with Gasteiger partial charge < -0.3 is 19.7 Å². The number of methoxy groups -OCH3 is 1. The minimum absolute atomic E-state index is 0.0645. The summed E-state index contributed by atoms with van der Waals surface area (Å²) in [5.41, 5.74) is 0. The molecule has 8 heteroatoms. The lowest BCUT2D eigenvalue weighted by Gasteiger charge is -2.17. The van der Waals surface area contributed by atoms with Gasteiger partial charge in [0.25, 0.3) is 0 Å². The molecule has 1 unspecified atom stereocenters. The highest BCUT2D eigenvalue weighted by Gasteiger charge is 2.27. The summed E-state index contributed by atoms with van der Waals surface area (Å²) in [6.45, 7) is 1.77. The summed E-state index contributed by atoms with van der Waals surface area (Å²) in [4.78, 5) is 15.0. The van der Waals surface area contributed by atoms with Gasteiger partial charge in [-0.1, -0.05) is 6.07 Å². The van der Waals surface area contributed by atoms with Crippen molar-refractivity contribution in [1.82, 2.24) is 20.4 Å². The van der Waals surface area contributed by atoms with Crippen LogP contribution >= 0.6 is 11.3 Å². The number of likely N-dealkylation sites (tertiary alicyclic amines) is 1. The molecule has 3 heterocycles. The van der Waals surface area contributed by atoms with E-state index in [1.165, 1.54) is 7.11 Å². The van der Waals surface area contributed by atoms with E-state index in [0.29, 0.717) is 31.4 Å². The number of aromatic nitrogens is 2. The molecule has 3 rings (SSSR count). The van der Waals surface area contributed by atoms with Crippen molar-refractivity contribution in [1.29, 1.82) is 0 Å². The summed E-state index contributed by atoms with van der Waals surface area (Å²) >= 11 is 1.63. The van der Waals surface area contributed by atoms with Crippen molar-refractivity contribution in [2.45, 2.75) is 19.1 Å². The lowest BCUT2D eigenvalue weighted by molar-refractivity contribution is 0.181. The smallest absolute Gasteiger partial charge is 0.317 e. The summed E-state index contributed by atoms with van der Waals surface area (Å²) in [6.07, 6.45) is 0.713. The van der Waals surface area contributed by atoms with E-state index < -0.39 is 0 Å². The first kappa shape index (κ1) is 15.5. The van der Waals surface area contributed by atoms with E-state index in [9.17, 15) is 4.79 Å². The van der Waals surface area contributed by atoms with Crippen LogP contribution < -0.4 is 14.8 Å². The molecular weight excluding hydrogens is 316 g/mol. The summed E-state index contributed by atoms with van der Waals surface area (Å²) in [7, 11) is 1.54. The molecule has 0 aliphatic carbocycles. The largest absolute Gasteiger partial charge is 0.480 e. The monoisotopic (exact) mass is 334 g/mol. The fourth-order valence-electron chi connectivity index (χ4n) is 2.35. The Labute approximate surface area is 138 Å². The maximum atomic E-state index is 12.1. The number of carbonyl (C=O) groups excluding carboxylic acids is 1. The zero-order chi connectivity index (χ0) is 16.1. The quantitative estimate of drug-likeness (QED) is 0.904. The third-order valence-electron chi connectivity index (χ3n) is 3.54. The topological polar surface area (TPSA) is 76.6 Å². The fraction of sp³-hybridized carbons (Fsp3) is 0.400. The normalized spacial score (nSPS) is 17.1. The molecule has 1 saturated heterocycles. The van der Waals surface area contributed by atoms with Crippen molar-refractivity contribution in [2.75, 3.05) is 20.2 Å². The second-order valence-electron chi connectivity index (χ2n) is 5.13. The van der Waals surface area contributed by atoms with E-state index in [1.807, 2.05) is 17.5 Å². The van der Waals surface area contributed by atoms with Crippen molar-refractivity contribution < 1.29 is 14.3 Å². The molecule has 2 aromatic heterocycles. The predicted molar refractivity (Wildman–Crippen MR) is 85.7 cm³/mol. The minimum Gasteiger partial charge on any atom is -0.480 e. The van der Waals surface area contributed by atoms with Crippen LogP contribution in [0.5, 0.6) is 11.8 Å². The van der Waals surface area contributed by atoms with Crippen molar-refractivity contribution in [3.8, 4) is 11.8 Å². The number of hydrogen-bond acceptors (Lipinski definition) is 6. The Hall–Kier alpha value is -2.35. The number of hydrogen-bond donors (Lipinski definition) is 1. The maximum Gasteiger partial charge on any atom is 0.317 e. The number of rotatable bonds is 5. The van der Waals surface area contributed by atoms with Crippen LogP contribution in [-0.4, -0.2) is 47.4 Å². The van der Waals surface area contributed by atoms with Gasteiger partial charge in [-0.25, -0.2) is 4.79 Å². The third kappa shape index (κ3) is 4.10. The van der Waals surface area contributed by atoms with E-state index in [0.717, 1.165) is 11.3 Å². The molecule has 1 aliphatic heterocycles. The van der Waals surface area contributed by atoms with Crippen molar-refractivity contribution in [3.05, 3.63) is 34.5 Å². The average molecular weight is 334 g/mol. The van der Waals surface area contributed by atoms with Crippen LogP contribution in [0.3, 0.4) is 0 Å². The first-order chi connectivity index (χ1) is 11.2. The highest BCUT2D eigenvalue weighted by molar-refractivity contribution is 7.09. The van der Waals surface area contributed by atoms with Crippen LogP contribution in [0.1, 0.15) is 11.3 Å². The maximum absolute atomic E-state index is 12.1. The van der Waals surface area contributed by atoms with Crippen LogP contribution in [0.4, 0.5) is 4.79 Å². The number of urea groups is 1. The number of ether oxygens (including phenoxy) is 2. The van der Waals surface area contributed by atoms with E-state index in [-0.39, 0.29) is 12.1 Å². The number of nitrogens with one attached hydrogen (secondary N) is 1. The highest BCUT2D eigenvalue weighted by atomic mass is 32.1. The van der Waals surface area contributed by atoms with E-state index in [2.05, 4.69) is 15.5 Å². The first-order valence-electron chi connectivity index (χ1n) is 7.34.